The van der Waals surface area contributed by atoms with Crippen molar-refractivity contribution in [3.63, 3.8) is 0 Å². The quantitative estimate of drug-likeness (QED) is 0.201. The van der Waals surface area contributed by atoms with Gasteiger partial charge in [0.15, 0.2) is 12.1 Å². The van der Waals surface area contributed by atoms with Crippen molar-refractivity contribution in [2.24, 2.45) is 11.8 Å². The van der Waals surface area contributed by atoms with Crippen LogP contribution >= 0.6 is 0 Å². The molecule has 4 atom stereocenters. The van der Waals surface area contributed by atoms with Gasteiger partial charge in [-0.1, -0.05) is 58.8 Å². The molecule has 0 spiro atoms. The number of hydrogen-bond donors (Lipinski definition) is 1. The molecule has 6 nitrogen and oxygen atoms in total. The molecular weight excluding hydrogens is 420 g/mol. The summed E-state index contributed by atoms with van der Waals surface area (Å²) < 4.78 is 17.2. The van der Waals surface area contributed by atoms with E-state index in [9.17, 15) is 9.59 Å². The Kier molecular flexibility index (Phi) is 22.8. The van der Waals surface area contributed by atoms with Gasteiger partial charge in [0.1, 0.15) is 0 Å². The third-order valence-electron chi connectivity index (χ3n) is 5.23. The van der Waals surface area contributed by atoms with Crippen molar-refractivity contribution in [3.05, 3.63) is 23.8 Å². The van der Waals surface area contributed by atoms with Gasteiger partial charge < -0.3 is 19.3 Å². The summed E-state index contributed by atoms with van der Waals surface area (Å²) in [6, 6.07) is 0. The average molecular weight is 471 g/mol. The Hall–Kier alpha value is -1.50. The van der Waals surface area contributed by atoms with Gasteiger partial charge in [-0.2, -0.15) is 0 Å². The van der Waals surface area contributed by atoms with E-state index in [1.165, 1.54) is 0 Å². The Bertz CT molecular complexity index is 555. The molecule has 6 heteroatoms. The third kappa shape index (κ3) is 17.6. The van der Waals surface area contributed by atoms with Crippen LogP contribution in [0.15, 0.2) is 23.8 Å². The first-order valence-corrected chi connectivity index (χ1v) is 12.6. The largest absolute Gasteiger partial charge is 0.465 e. The first kappa shape index (κ1) is 33.7. The summed E-state index contributed by atoms with van der Waals surface area (Å²) in [5, 5.41) is 7.00. The number of unbranched alkanes of at least 4 members (excludes halogenated alkanes) is 1. The van der Waals surface area contributed by atoms with Gasteiger partial charge in [-0.3, -0.25) is 9.59 Å². The van der Waals surface area contributed by atoms with Gasteiger partial charge in [0.25, 0.3) is 0 Å². The lowest BCUT2D eigenvalue weighted by molar-refractivity contribution is -0.194. The van der Waals surface area contributed by atoms with Crippen molar-refractivity contribution in [2.45, 2.75) is 106 Å². The van der Waals surface area contributed by atoms with Crippen LogP contribution < -0.4 is 0 Å². The van der Waals surface area contributed by atoms with E-state index in [0.29, 0.717) is 13.0 Å². The van der Waals surface area contributed by atoms with Crippen molar-refractivity contribution >= 4 is 11.8 Å². The number of esters is 1. The number of carbonyl (C=O) groups is 2. The minimum Gasteiger partial charge on any atom is -0.465 e. The number of carbonyl (C=O) groups excluding carboxylic acids is 2. The van der Waals surface area contributed by atoms with Gasteiger partial charge in [0, 0.05) is 25.4 Å². The van der Waals surface area contributed by atoms with Crippen LogP contribution in [-0.2, 0) is 23.8 Å². The summed E-state index contributed by atoms with van der Waals surface area (Å²) in [5.74, 6) is -0.0931. The van der Waals surface area contributed by atoms with Gasteiger partial charge in [-0.25, -0.2) is 0 Å². The van der Waals surface area contributed by atoms with E-state index in [-0.39, 0.29) is 42.6 Å². The molecule has 0 amide bonds. The zero-order valence-corrected chi connectivity index (χ0v) is 22.4. The molecule has 0 aliphatic carbocycles. The van der Waals surface area contributed by atoms with Crippen LogP contribution in [0, 0.1) is 11.8 Å². The highest BCUT2D eigenvalue weighted by molar-refractivity contribution is 5.91. The third-order valence-corrected chi connectivity index (χ3v) is 5.23. The van der Waals surface area contributed by atoms with Crippen LogP contribution in [0.5, 0.6) is 0 Å². The van der Waals surface area contributed by atoms with E-state index < -0.39 is 0 Å². The highest BCUT2D eigenvalue weighted by Gasteiger charge is 2.21. The van der Waals surface area contributed by atoms with E-state index >= 15 is 0 Å². The monoisotopic (exact) mass is 470 g/mol. The van der Waals surface area contributed by atoms with Crippen molar-refractivity contribution in [1.82, 2.24) is 0 Å². The first-order chi connectivity index (χ1) is 15.8. The summed E-state index contributed by atoms with van der Waals surface area (Å²) in [7, 11) is 1.00. The predicted molar refractivity (Wildman–Crippen MR) is 135 cm³/mol. The molecular formula is C27H50O6. The fourth-order valence-corrected chi connectivity index (χ4v) is 3.06. The number of aliphatic hydroxyl groups is 1. The van der Waals surface area contributed by atoms with Crippen molar-refractivity contribution in [2.75, 3.05) is 20.3 Å². The van der Waals surface area contributed by atoms with E-state index in [4.69, 9.17) is 19.3 Å². The number of ether oxygens (including phenoxy) is 3. The number of ketones is 1. The molecule has 1 aliphatic heterocycles. The molecule has 1 saturated heterocycles. The molecule has 33 heavy (non-hydrogen) atoms. The lowest BCUT2D eigenvalue weighted by atomic mass is 10.0. The maximum absolute atomic E-state index is 12.0. The Labute approximate surface area is 202 Å². The molecule has 0 unspecified atom stereocenters. The van der Waals surface area contributed by atoms with Gasteiger partial charge in [-0.05, 0) is 52.0 Å². The molecule has 1 fully saturated rings. The molecule has 1 heterocycles. The molecule has 1 rings (SSSR count). The molecule has 0 radical (unpaired) electrons. The van der Waals surface area contributed by atoms with E-state index in [1.807, 2.05) is 53.7 Å². The summed E-state index contributed by atoms with van der Waals surface area (Å²) >= 11 is 0. The molecule has 0 saturated carbocycles. The second-order valence-corrected chi connectivity index (χ2v) is 8.14. The van der Waals surface area contributed by atoms with Crippen molar-refractivity contribution < 1.29 is 28.9 Å². The number of hydrogen-bond acceptors (Lipinski definition) is 6. The molecule has 0 bridgehead atoms. The lowest BCUT2D eigenvalue weighted by Crippen LogP contribution is -2.30. The molecule has 0 aromatic rings. The highest BCUT2D eigenvalue weighted by atomic mass is 16.7. The summed E-state index contributed by atoms with van der Waals surface area (Å²) in [4.78, 5) is 23.9. The predicted octanol–water partition coefficient (Wildman–Crippen LogP) is 6.02. The Morgan fingerprint density at radius 1 is 1.12 bits per heavy atom. The second kappa shape index (κ2) is 22.3. The zero-order chi connectivity index (χ0) is 25.6. The van der Waals surface area contributed by atoms with E-state index in [2.05, 4.69) is 6.92 Å². The number of aliphatic hydroxyl groups excluding tert-OH is 1. The Balaban J connectivity index is 0. The molecule has 0 aromatic heterocycles. The van der Waals surface area contributed by atoms with Gasteiger partial charge in [-0.15, -0.1) is 0 Å². The molecule has 1 aliphatic rings. The van der Waals surface area contributed by atoms with Crippen LogP contribution in [0.4, 0.5) is 0 Å². The normalized spacial score (nSPS) is 20.1. The smallest absolute Gasteiger partial charge is 0.305 e. The first-order valence-electron chi connectivity index (χ1n) is 12.6. The SMILES string of the molecule is CC.CCCCC(=O)OC[C@H](/C=C(C)/C=C/C(=O)[C@H](C)CC)CO[C@H]1CCC[C@@H](C)O1.CO. The topological polar surface area (TPSA) is 82.1 Å². The molecule has 194 valence electrons. The molecule has 1 N–H and O–H groups in total. The second-order valence-electron chi connectivity index (χ2n) is 8.14. The Morgan fingerprint density at radius 2 is 1.79 bits per heavy atom. The standard InChI is InChI=1S/C24H40O5.C2H6.CH4O/c1-6-8-11-23(26)27-16-21(17-28-24-12-9-10-20(5)29-24)15-18(3)13-14-22(25)19(4)7-2;2*1-2/h13-15,19-21,24H,6-12,16-17H2,1-5H3;1-2H3;2H,1H3/b14-13+,18-15+;;/t19-,20-,21+,24-;;/m1../s1. The number of allylic oxidation sites excluding steroid dienone is 3. The summed E-state index contributed by atoms with van der Waals surface area (Å²) in [5.41, 5.74) is 0.956. The van der Waals surface area contributed by atoms with Crippen molar-refractivity contribution in [1.29, 1.82) is 0 Å². The van der Waals surface area contributed by atoms with Crippen LogP contribution in [0.1, 0.15) is 93.4 Å². The van der Waals surface area contributed by atoms with Crippen molar-refractivity contribution in [3.8, 4) is 0 Å². The van der Waals surface area contributed by atoms with E-state index in [1.54, 1.807) is 6.08 Å². The zero-order valence-electron chi connectivity index (χ0n) is 22.4. The van der Waals surface area contributed by atoms with Gasteiger partial charge in [0.2, 0.25) is 0 Å². The summed E-state index contributed by atoms with van der Waals surface area (Å²) in [6.07, 6.45) is 11.6. The average Bonchev–Trinajstić information content (AvgIpc) is 2.84. The van der Waals surface area contributed by atoms with Crippen LogP contribution in [0.2, 0.25) is 0 Å². The lowest BCUT2D eigenvalue weighted by Gasteiger charge is -2.28. The minimum absolute atomic E-state index is 0.0307. The number of rotatable bonds is 13. The Morgan fingerprint density at radius 3 is 2.36 bits per heavy atom. The molecule has 0 aromatic carbocycles. The van der Waals surface area contributed by atoms with E-state index in [0.717, 1.165) is 51.2 Å². The van der Waals surface area contributed by atoms with Crippen LogP contribution in [0.25, 0.3) is 0 Å². The fourth-order valence-electron chi connectivity index (χ4n) is 3.06. The fraction of sp³-hybridized carbons (Fsp3) is 0.778. The van der Waals surface area contributed by atoms with Crippen LogP contribution in [0.3, 0.4) is 0 Å². The minimum atomic E-state index is -0.201. The highest BCUT2D eigenvalue weighted by Crippen LogP contribution is 2.20. The van der Waals surface area contributed by atoms with Gasteiger partial charge >= 0.3 is 5.97 Å². The van der Waals surface area contributed by atoms with Gasteiger partial charge in [0.05, 0.1) is 19.3 Å². The summed E-state index contributed by atoms with van der Waals surface area (Å²) in [6.45, 7) is 14.7. The van der Waals surface area contributed by atoms with Crippen LogP contribution in [-0.4, -0.2) is 49.6 Å². The maximum Gasteiger partial charge on any atom is 0.305 e. The maximum atomic E-state index is 12.0.